The first-order chi connectivity index (χ1) is 12.0. The molecule has 0 spiro atoms. The maximum absolute atomic E-state index is 12.5. The minimum atomic E-state index is -4.39. The molecular formula is C16H21F3IN5S. The maximum Gasteiger partial charge on any atom is 0.434 e. The normalized spacial score (nSPS) is 11.8. The second-order valence-corrected chi connectivity index (χ2v) is 6.08. The Balaban J connectivity index is 0.00000338. The number of halogens is 4. The summed E-state index contributed by atoms with van der Waals surface area (Å²) >= 11 is 1.01. The number of hydrogen-bond acceptors (Lipinski definition) is 4. The fourth-order valence-electron chi connectivity index (χ4n) is 2.02. The molecule has 0 saturated carbocycles. The summed E-state index contributed by atoms with van der Waals surface area (Å²) in [4.78, 5) is 12.2. The molecule has 0 fully saturated rings. The van der Waals surface area contributed by atoms with Crippen LogP contribution < -0.4 is 10.6 Å². The van der Waals surface area contributed by atoms with Crippen molar-refractivity contribution < 1.29 is 13.2 Å². The summed E-state index contributed by atoms with van der Waals surface area (Å²) in [7, 11) is 0. The Morgan fingerprint density at radius 3 is 2.65 bits per heavy atom. The average Bonchev–Trinajstić information content (AvgIpc) is 3.05. The second-order valence-electron chi connectivity index (χ2n) is 5.13. The van der Waals surface area contributed by atoms with Gasteiger partial charge in [-0.25, -0.2) is 4.98 Å². The number of aromatic nitrogens is 2. The zero-order chi connectivity index (χ0) is 18.1. The molecule has 26 heavy (non-hydrogen) atoms. The SMILES string of the molecule is CCNC(=NCCc1nc(C(F)(F)F)cs1)NCCc1ccccn1.I. The number of rotatable bonds is 7. The van der Waals surface area contributed by atoms with Crippen LogP contribution in [0.3, 0.4) is 0 Å². The number of hydrogen-bond donors (Lipinski definition) is 2. The average molecular weight is 499 g/mol. The fourth-order valence-corrected chi connectivity index (χ4v) is 2.81. The fraction of sp³-hybridized carbons (Fsp3) is 0.438. The van der Waals surface area contributed by atoms with Crippen molar-refractivity contribution in [2.45, 2.75) is 25.9 Å². The molecule has 2 aromatic rings. The van der Waals surface area contributed by atoms with Crippen molar-refractivity contribution in [2.24, 2.45) is 4.99 Å². The Kier molecular flexibility index (Phi) is 9.84. The van der Waals surface area contributed by atoms with Gasteiger partial charge in [0.2, 0.25) is 0 Å². The van der Waals surface area contributed by atoms with E-state index in [2.05, 4.69) is 25.6 Å². The first-order valence-corrected chi connectivity index (χ1v) is 8.80. The van der Waals surface area contributed by atoms with Gasteiger partial charge in [0.15, 0.2) is 11.7 Å². The van der Waals surface area contributed by atoms with Crippen LogP contribution in [0.15, 0.2) is 34.8 Å². The van der Waals surface area contributed by atoms with Crippen molar-refractivity contribution in [3.05, 3.63) is 46.2 Å². The first kappa shape index (κ1) is 22.6. The van der Waals surface area contributed by atoms with Crippen LogP contribution in [0.1, 0.15) is 23.3 Å². The van der Waals surface area contributed by atoms with Gasteiger partial charge in [-0.3, -0.25) is 9.98 Å². The summed E-state index contributed by atoms with van der Waals surface area (Å²) in [6.45, 7) is 3.68. The number of thiazole rings is 1. The van der Waals surface area contributed by atoms with E-state index in [9.17, 15) is 13.2 Å². The monoisotopic (exact) mass is 499 g/mol. The van der Waals surface area contributed by atoms with Crippen molar-refractivity contribution in [1.82, 2.24) is 20.6 Å². The lowest BCUT2D eigenvalue weighted by atomic mass is 10.3. The van der Waals surface area contributed by atoms with Crippen LogP contribution in [0.25, 0.3) is 0 Å². The molecular weight excluding hydrogens is 478 g/mol. The molecule has 2 N–H and O–H groups in total. The molecule has 0 amide bonds. The molecule has 10 heteroatoms. The van der Waals surface area contributed by atoms with E-state index in [-0.39, 0.29) is 24.0 Å². The first-order valence-electron chi connectivity index (χ1n) is 7.92. The van der Waals surface area contributed by atoms with Crippen LogP contribution in [0.2, 0.25) is 0 Å². The van der Waals surface area contributed by atoms with E-state index in [1.807, 2.05) is 25.1 Å². The second kappa shape index (κ2) is 11.3. The van der Waals surface area contributed by atoms with E-state index >= 15 is 0 Å². The van der Waals surface area contributed by atoms with Crippen LogP contribution in [-0.4, -0.2) is 35.6 Å². The van der Waals surface area contributed by atoms with E-state index in [4.69, 9.17) is 0 Å². The highest BCUT2D eigenvalue weighted by Gasteiger charge is 2.33. The van der Waals surface area contributed by atoms with Gasteiger partial charge in [0.05, 0.1) is 5.01 Å². The van der Waals surface area contributed by atoms with Crippen LogP contribution in [0.5, 0.6) is 0 Å². The van der Waals surface area contributed by atoms with E-state index in [0.717, 1.165) is 28.8 Å². The van der Waals surface area contributed by atoms with Crippen molar-refractivity contribution in [1.29, 1.82) is 0 Å². The molecule has 2 heterocycles. The van der Waals surface area contributed by atoms with Gasteiger partial charge in [0.25, 0.3) is 0 Å². The molecule has 0 aromatic carbocycles. The summed E-state index contributed by atoms with van der Waals surface area (Å²) in [6.07, 6.45) is -1.51. The van der Waals surface area contributed by atoms with Gasteiger partial charge in [0.1, 0.15) is 0 Å². The van der Waals surface area contributed by atoms with E-state index < -0.39 is 11.9 Å². The topological polar surface area (TPSA) is 62.2 Å². The van der Waals surface area contributed by atoms with Crippen molar-refractivity contribution in [2.75, 3.05) is 19.6 Å². The number of guanidine groups is 1. The minimum absolute atomic E-state index is 0. The third-order valence-corrected chi connectivity index (χ3v) is 4.09. The van der Waals surface area contributed by atoms with Gasteiger partial charge in [-0.05, 0) is 19.1 Å². The highest BCUT2D eigenvalue weighted by molar-refractivity contribution is 14.0. The molecule has 5 nitrogen and oxygen atoms in total. The smallest absolute Gasteiger partial charge is 0.357 e. The molecule has 0 unspecified atom stereocenters. The lowest BCUT2D eigenvalue weighted by Gasteiger charge is -2.10. The molecule has 0 aliphatic carbocycles. The number of aliphatic imine (C=N–C) groups is 1. The van der Waals surface area contributed by atoms with Crippen LogP contribution in [0.4, 0.5) is 13.2 Å². The number of alkyl halides is 3. The highest BCUT2D eigenvalue weighted by atomic mass is 127. The molecule has 0 aliphatic rings. The molecule has 2 aromatic heterocycles. The van der Waals surface area contributed by atoms with Gasteiger partial charge in [-0.1, -0.05) is 6.07 Å². The Labute approximate surface area is 171 Å². The molecule has 0 atom stereocenters. The predicted molar refractivity (Wildman–Crippen MR) is 108 cm³/mol. The van der Waals surface area contributed by atoms with Crippen LogP contribution in [-0.2, 0) is 19.0 Å². The molecule has 0 radical (unpaired) electrons. The molecule has 0 aliphatic heterocycles. The van der Waals surface area contributed by atoms with Crippen molar-refractivity contribution >= 4 is 41.3 Å². The van der Waals surface area contributed by atoms with Crippen LogP contribution in [0, 0.1) is 0 Å². The van der Waals surface area contributed by atoms with Gasteiger partial charge in [-0.2, -0.15) is 13.2 Å². The summed E-state index contributed by atoms with van der Waals surface area (Å²) in [5, 5.41) is 7.76. The van der Waals surface area contributed by atoms with E-state index in [1.54, 1.807) is 6.20 Å². The molecule has 0 saturated heterocycles. The van der Waals surface area contributed by atoms with E-state index in [0.29, 0.717) is 37.0 Å². The molecule has 2 rings (SSSR count). The number of nitrogens with zero attached hydrogens (tertiary/aromatic N) is 3. The summed E-state index contributed by atoms with van der Waals surface area (Å²) in [5.41, 5.74) is 0.144. The zero-order valence-electron chi connectivity index (χ0n) is 14.2. The molecule has 144 valence electrons. The lowest BCUT2D eigenvalue weighted by molar-refractivity contribution is -0.140. The Morgan fingerprint density at radius 2 is 2.04 bits per heavy atom. The maximum atomic E-state index is 12.5. The third kappa shape index (κ3) is 7.85. The van der Waals surface area contributed by atoms with Crippen molar-refractivity contribution in [3.63, 3.8) is 0 Å². The predicted octanol–water partition coefficient (Wildman–Crippen LogP) is 3.52. The van der Waals surface area contributed by atoms with Gasteiger partial charge in [-0.15, -0.1) is 35.3 Å². The lowest BCUT2D eigenvalue weighted by Crippen LogP contribution is -2.38. The van der Waals surface area contributed by atoms with Gasteiger partial charge in [0, 0.05) is 49.7 Å². The number of nitrogens with one attached hydrogen (secondary N) is 2. The zero-order valence-corrected chi connectivity index (χ0v) is 17.4. The van der Waals surface area contributed by atoms with Crippen molar-refractivity contribution in [3.8, 4) is 0 Å². The standard InChI is InChI=1S/C16H20F3N5S.HI/c1-2-20-15(22-9-6-12-5-3-4-8-21-12)23-10-7-14-24-13(11-25-14)16(17,18)19;/h3-5,8,11H,2,6-7,9-10H2,1H3,(H2,20,22,23);1H. The van der Waals surface area contributed by atoms with E-state index in [1.165, 1.54) is 0 Å². The third-order valence-electron chi connectivity index (χ3n) is 3.18. The van der Waals surface area contributed by atoms with Gasteiger partial charge < -0.3 is 10.6 Å². The summed E-state index contributed by atoms with van der Waals surface area (Å²) in [6, 6.07) is 5.75. The highest BCUT2D eigenvalue weighted by Crippen LogP contribution is 2.30. The molecule has 0 bridgehead atoms. The number of pyridine rings is 1. The summed E-state index contributed by atoms with van der Waals surface area (Å²) in [5.74, 6) is 0.631. The Bertz CT molecular complexity index is 676. The quantitative estimate of drug-likeness (QED) is 0.348. The Hall–Kier alpha value is -1.43. The van der Waals surface area contributed by atoms with Crippen LogP contribution >= 0.6 is 35.3 Å². The largest absolute Gasteiger partial charge is 0.434 e. The summed E-state index contributed by atoms with van der Waals surface area (Å²) < 4.78 is 37.6. The van der Waals surface area contributed by atoms with Gasteiger partial charge >= 0.3 is 6.18 Å². The minimum Gasteiger partial charge on any atom is -0.357 e. The Morgan fingerprint density at radius 1 is 1.23 bits per heavy atom.